The SMILES string of the molecule is COc1cc(Cl)cc(Cl)c1CBr. The maximum absolute atomic E-state index is 5.92. The van der Waals surface area contributed by atoms with Gasteiger partial charge in [-0.25, -0.2) is 0 Å². The highest BCUT2D eigenvalue weighted by Crippen LogP contribution is 2.32. The Morgan fingerprint density at radius 2 is 2.08 bits per heavy atom. The van der Waals surface area contributed by atoms with Crippen molar-refractivity contribution in [3.05, 3.63) is 27.7 Å². The number of benzene rings is 1. The lowest BCUT2D eigenvalue weighted by atomic mass is 10.2. The van der Waals surface area contributed by atoms with Crippen molar-refractivity contribution >= 4 is 39.1 Å². The van der Waals surface area contributed by atoms with Crippen molar-refractivity contribution in [1.82, 2.24) is 0 Å². The summed E-state index contributed by atoms with van der Waals surface area (Å²) in [5.74, 6) is 0.712. The molecule has 0 aliphatic heterocycles. The highest BCUT2D eigenvalue weighted by molar-refractivity contribution is 9.08. The number of rotatable bonds is 2. The average molecular weight is 270 g/mol. The largest absolute Gasteiger partial charge is 0.496 e. The second kappa shape index (κ2) is 4.35. The highest BCUT2D eigenvalue weighted by atomic mass is 79.9. The molecule has 0 N–H and O–H groups in total. The molecule has 0 spiro atoms. The normalized spacial score (nSPS) is 10.0. The van der Waals surface area contributed by atoms with E-state index in [0.717, 1.165) is 5.56 Å². The van der Waals surface area contributed by atoms with Crippen LogP contribution in [0.1, 0.15) is 5.56 Å². The van der Waals surface area contributed by atoms with E-state index in [1.807, 2.05) is 0 Å². The molecule has 1 aromatic rings. The zero-order valence-corrected chi connectivity index (χ0v) is 9.50. The van der Waals surface area contributed by atoms with Gasteiger partial charge >= 0.3 is 0 Å². The van der Waals surface area contributed by atoms with Crippen LogP contribution in [-0.2, 0) is 5.33 Å². The fourth-order valence-corrected chi connectivity index (χ4v) is 2.17. The van der Waals surface area contributed by atoms with Crippen LogP contribution in [0.3, 0.4) is 0 Å². The Balaban J connectivity index is 3.24. The monoisotopic (exact) mass is 268 g/mol. The van der Waals surface area contributed by atoms with E-state index in [1.54, 1.807) is 19.2 Å². The standard InChI is InChI=1S/C8H7BrCl2O/c1-12-8-3-5(10)2-7(11)6(8)4-9/h2-3H,4H2,1H3. The van der Waals surface area contributed by atoms with Crippen molar-refractivity contribution in [3.8, 4) is 5.75 Å². The Bertz CT molecular complexity index is 289. The molecule has 1 rings (SSSR count). The maximum atomic E-state index is 5.92. The number of halogens is 3. The smallest absolute Gasteiger partial charge is 0.125 e. The third-order valence-electron chi connectivity index (χ3n) is 1.47. The van der Waals surface area contributed by atoms with Gasteiger partial charge in [0, 0.05) is 20.9 Å². The summed E-state index contributed by atoms with van der Waals surface area (Å²) < 4.78 is 5.10. The molecule has 1 nitrogen and oxygen atoms in total. The summed E-state index contributed by atoms with van der Waals surface area (Å²) in [5.41, 5.74) is 0.920. The van der Waals surface area contributed by atoms with Crippen LogP contribution in [0, 0.1) is 0 Å². The van der Waals surface area contributed by atoms with E-state index in [9.17, 15) is 0 Å². The van der Waals surface area contributed by atoms with Gasteiger partial charge in [-0.05, 0) is 12.1 Å². The van der Waals surface area contributed by atoms with Crippen molar-refractivity contribution < 1.29 is 4.74 Å². The number of hydrogen-bond donors (Lipinski definition) is 0. The van der Waals surface area contributed by atoms with Crippen LogP contribution in [0.4, 0.5) is 0 Å². The van der Waals surface area contributed by atoms with Crippen LogP contribution in [0.2, 0.25) is 10.0 Å². The predicted octanol–water partition coefficient (Wildman–Crippen LogP) is 3.90. The van der Waals surface area contributed by atoms with Crippen molar-refractivity contribution in [2.75, 3.05) is 7.11 Å². The molecular weight excluding hydrogens is 263 g/mol. The first-order valence-electron chi connectivity index (χ1n) is 3.27. The van der Waals surface area contributed by atoms with Crippen LogP contribution in [-0.4, -0.2) is 7.11 Å². The minimum Gasteiger partial charge on any atom is -0.496 e. The molecule has 0 unspecified atom stereocenters. The molecule has 0 radical (unpaired) electrons. The van der Waals surface area contributed by atoms with Gasteiger partial charge in [0.2, 0.25) is 0 Å². The summed E-state index contributed by atoms with van der Waals surface area (Å²) in [7, 11) is 1.59. The third kappa shape index (κ3) is 2.06. The van der Waals surface area contributed by atoms with E-state index < -0.39 is 0 Å². The molecule has 0 fully saturated rings. The topological polar surface area (TPSA) is 9.23 Å². The van der Waals surface area contributed by atoms with E-state index >= 15 is 0 Å². The fraction of sp³-hybridized carbons (Fsp3) is 0.250. The van der Waals surface area contributed by atoms with E-state index in [0.29, 0.717) is 21.1 Å². The molecule has 0 heterocycles. The van der Waals surface area contributed by atoms with Gasteiger partial charge in [-0.2, -0.15) is 0 Å². The molecule has 4 heteroatoms. The minimum absolute atomic E-state index is 0.585. The molecule has 1 aromatic carbocycles. The average Bonchev–Trinajstić information content (AvgIpc) is 2.03. The predicted molar refractivity (Wildman–Crippen MR) is 55.6 cm³/mol. The summed E-state index contributed by atoms with van der Waals surface area (Å²) in [6.07, 6.45) is 0. The molecule has 0 aromatic heterocycles. The van der Waals surface area contributed by atoms with Crippen LogP contribution in [0.5, 0.6) is 5.75 Å². The van der Waals surface area contributed by atoms with Crippen LogP contribution >= 0.6 is 39.1 Å². The van der Waals surface area contributed by atoms with Crippen molar-refractivity contribution in [1.29, 1.82) is 0 Å². The first-order chi connectivity index (χ1) is 5.69. The van der Waals surface area contributed by atoms with Crippen LogP contribution in [0.25, 0.3) is 0 Å². The Morgan fingerprint density at radius 3 is 2.58 bits per heavy atom. The molecule has 0 bridgehead atoms. The summed E-state index contributed by atoms with van der Waals surface area (Å²) >= 11 is 15.0. The number of ether oxygens (including phenoxy) is 1. The third-order valence-corrected chi connectivity index (χ3v) is 2.59. The summed E-state index contributed by atoms with van der Waals surface area (Å²) in [6.45, 7) is 0. The zero-order valence-electron chi connectivity index (χ0n) is 6.40. The second-order valence-corrected chi connectivity index (χ2v) is 3.61. The van der Waals surface area contributed by atoms with Gasteiger partial charge in [-0.1, -0.05) is 39.1 Å². The molecule has 0 amide bonds. The fourth-order valence-electron chi connectivity index (χ4n) is 0.892. The van der Waals surface area contributed by atoms with Crippen LogP contribution in [0.15, 0.2) is 12.1 Å². The van der Waals surface area contributed by atoms with E-state index in [-0.39, 0.29) is 0 Å². The molecule has 0 aliphatic rings. The molecular formula is C8H7BrCl2O. The Kier molecular flexibility index (Phi) is 3.69. The Labute approximate surface area is 89.7 Å². The molecule has 0 saturated carbocycles. The van der Waals surface area contributed by atoms with E-state index in [4.69, 9.17) is 27.9 Å². The molecule has 66 valence electrons. The van der Waals surface area contributed by atoms with Gasteiger partial charge < -0.3 is 4.74 Å². The first kappa shape index (κ1) is 10.2. The van der Waals surface area contributed by atoms with Gasteiger partial charge in [0.25, 0.3) is 0 Å². The second-order valence-electron chi connectivity index (χ2n) is 2.20. The molecule has 0 atom stereocenters. The maximum Gasteiger partial charge on any atom is 0.125 e. The zero-order chi connectivity index (χ0) is 9.14. The first-order valence-corrected chi connectivity index (χ1v) is 5.14. The van der Waals surface area contributed by atoms with Gasteiger partial charge in [-0.3, -0.25) is 0 Å². The van der Waals surface area contributed by atoms with Crippen molar-refractivity contribution in [2.45, 2.75) is 5.33 Å². The highest BCUT2D eigenvalue weighted by Gasteiger charge is 2.07. The number of alkyl halides is 1. The van der Waals surface area contributed by atoms with Gasteiger partial charge in [0.1, 0.15) is 5.75 Å². The van der Waals surface area contributed by atoms with Gasteiger partial charge in [-0.15, -0.1) is 0 Å². The number of methoxy groups -OCH3 is 1. The number of hydrogen-bond acceptors (Lipinski definition) is 1. The summed E-state index contributed by atoms with van der Waals surface area (Å²) in [4.78, 5) is 0. The quantitative estimate of drug-likeness (QED) is 0.740. The van der Waals surface area contributed by atoms with E-state index in [1.165, 1.54) is 0 Å². The van der Waals surface area contributed by atoms with Gasteiger partial charge in [0.05, 0.1) is 7.11 Å². The van der Waals surface area contributed by atoms with E-state index in [2.05, 4.69) is 15.9 Å². The summed E-state index contributed by atoms with van der Waals surface area (Å²) in [6, 6.07) is 3.44. The minimum atomic E-state index is 0.585. The lowest BCUT2D eigenvalue weighted by Crippen LogP contribution is -1.90. The van der Waals surface area contributed by atoms with Crippen molar-refractivity contribution in [2.24, 2.45) is 0 Å². The molecule has 12 heavy (non-hydrogen) atoms. The Hall–Kier alpha value is 0.0800. The van der Waals surface area contributed by atoms with Crippen LogP contribution < -0.4 is 4.74 Å². The van der Waals surface area contributed by atoms with Crippen molar-refractivity contribution in [3.63, 3.8) is 0 Å². The lowest BCUT2D eigenvalue weighted by Gasteiger charge is -2.07. The van der Waals surface area contributed by atoms with Gasteiger partial charge in [0.15, 0.2) is 0 Å². The Morgan fingerprint density at radius 1 is 1.42 bits per heavy atom. The lowest BCUT2D eigenvalue weighted by molar-refractivity contribution is 0.411. The molecule has 0 aliphatic carbocycles. The molecule has 0 saturated heterocycles. The summed E-state index contributed by atoms with van der Waals surface area (Å²) in [5, 5.41) is 1.87.